The van der Waals surface area contributed by atoms with E-state index in [-0.39, 0.29) is 11.8 Å². The van der Waals surface area contributed by atoms with Gasteiger partial charge in [-0.3, -0.25) is 4.79 Å². The highest BCUT2D eigenvalue weighted by Gasteiger charge is 2.20. The Kier molecular flexibility index (Phi) is 5.90. The molecule has 7 heteroatoms. The van der Waals surface area contributed by atoms with E-state index in [1.54, 1.807) is 0 Å². The van der Waals surface area contributed by atoms with Crippen molar-refractivity contribution in [3.8, 4) is 5.88 Å². The number of para-hydroxylation sites is 1. The molecular weight excluding hydrogens is 462 g/mol. The van der Waals surface area contributed by atoms with Crippen molar-refractivity contribution in [2.75, 3.05) is 33.2 Å². The van der Waals surface area contributed by atoms with Gasteiger partial charge in [-0.25, -0.2) is 0 Å². The summed E-state index contributed by atoms with van der Waals surface area (Å²) in [4.78, 5) is 20.1. The maximum absolute atomic E-state index is 12.9. The summed E-state index contributed by atoms with van der Waals surface area (Å²) in [6.07, 6.45) is 5.85. The zero-order valence-corrected chi connectivity index (χ0v) is 20.6. The first-order valence-corrected chi connectivity index (χ1v) is 12.4. The fraction of sp³-hybridized carbons (Fsp3) is 0.167. The molecular formula is C30H27N5O2. The van der Waals surface area contributed by atoms with Gasteiger partial charge < -0.3 is 19.9 Å². The predicted molar refractivity (Wildman–Crippen MR) is 146 cm³/mol. The number of aromatic hydroxyl groups is 1. The third kappa shape index (κ3) is 4.57. The van der Waals surface area contributed by atoms with Gasteiger partial charge in [0.25, 0.3) is 5.91 Å². The van der Waals surface area contributed by atoms with Crippen molar-refractivity contribution in [1.82, 2.24) is 14.8 Å². The second-order valence-electron chi connectivity index (χ2n) is 9.49. The van der Waals surface area contributed by atoms with Gasteiger partial charge >= 0.3 is 0 Å². The number of aromatic amines is 1. The Bertz CT molecular complexity index is 1690. The van der Waals surface area contributed by atoms with Crippen LogP contribution in [0.2, 0.25) is 0 Å². The van der Waals surface area contributed by atoms with Crippen molar-refractivity contribution >= 4 is 40.3 Å². The van der Waals surface area contributed by atoms with Crippen LogP contribution in [-0.2, 0) is 0 Å². The zero-order chi connectivity index (χ0) is 25.4. The Morgan fingerprint density at radius 3 is 2.65 bits per heavy atom. The molecule has 3 heterocycles. The van der Waals surface area contributed by atoms with Gasteiger partial charge in [0, 0.05) is 53.4 Å². The molecule has 2 N–H and O–H groups in total. The number of fused-ring (bicyclic) bond motifs is 2. The summed E-state index contributed by atoms with van der Waals surface area (Å²) in [5, 5.41) is 21.9. The fourth-order valence-electron chi connectivity index (χ4n) is 4.83. The molecule has 4 aromatic rings. The molecule has 184 valence electrons. The Hall–Kier alpha value is -4.49. The molecule has 1 saturated heterocycles. The second kappa shape index (κ2) is 9.52. The fourth-order valence-corrected chi connectivity index (χ4v) is 4.83. The highest BCUT2D eigenvalue weighted by Crippen LogP contribution is 2.27. The first-order valence-electron chi connectivity index (χ1n) is 12.4. The number of hydrogen-bond acceptors (Lipinski definition) is 5. The third-order valence-corrected chi connectivity index (χ3v) is 6.96. The monoisotopic (exact) mass is 489 g/mol. The molecule has 0 bridgehead atoms. The van der Waals surface area contributed by atoms with E-state index in [4.69, 9.17) is 0 Å². The van der Waals surface area contributed by atoms with Crippen LogP contribution in [0, 0.1) is 0 Å². The lowest BCUT2D eigenvalue weighted by Gasteiger charge is -2.32. The molecule has 1 amide bonds. The SMILES string of the molecule is CN1CCN(C(=O)c2cccc(C=CC3=c4ccc(=Cc5c(O)[nH]c6ccccc56)cc4N=N3)c2)CC1. The maximum Gasteiger partial charge on any atom is 0.253 e. The average molecular weight is 490 g/mol. The van der Waals surface area contributed by atoms with Crippen molar-refractivity contribution in [1.29, 1.82) is 0 Å². The molecule has 0 saturated carbocycles. The van der Waals surface area contributed by atoms with Crippen LogP contribution >= 0.6 is 0 Å². The van der Waals surface area contributed by atoms with Crippen molar-refractivity contribution < 1.29 is 9.90 Å². The van der Waals surface area contributed by atoms with Gasteiger partial charge in [0.1, 0.15) is 0 Å². The van der Waals surface area contributed by atoms with Gasteiger partial charge in [0.15, 0.2) is 5.88 Å². The molecule has 2 aliphatic rings. The van der Waals surface area contributed by atoms with E-state index in [9.17, 15) is 9.90 Å². The molecule has 7 nitrogen and oxygen atoms in total. The number of hydrogen-bond donors (Lipinski definition) is 2. The van der Waals surface area contributed by atoms with Crippen molar-refractivity contribution in [2.24, 2.45) is 10.2 Å². The van der Waals surface area contributed by atoms with Crippen molar-refractivity contribution in [3.05, 3.63) is 99.9 Å². The highest BCUT2D eigenvalue weighted by molar-refractivity contribution is 5.95. The smallest absolute Gasteiger partial charge is 0.253 e. The lowest BCUT2D eigenvalue weighted by atomic mass is 10.1. The first kappa shape index (κ1) is 22.9. The molecule has 0 spiro atoms. The summed E-state index contributed by atoms with van der Waals surface area (Å²) in [5.74, 6) is 0.221. The van der Waals surface area contributed by atoms with E-state index >= 15 is 0 Å². The molecule has 2 aliphatic heterocycles. The average Bonchev–Trinajstić information content (AvgIpc) is 3.47. The Morgan fingerprint density at radius 1 is 0.946 bits per heavy atom. The topological polar surface area (TPSA) is 84.3 Å². The van der Waals surface area contributed by atoms with Crippen LogP contribution < -0.4 is 10.4 Å². The number of benzene rings is 3. The summed E-state index contributed by atoms with van der Waals surface area (Å²) in [7, 11) is 2.08. The lowest BCUT2D eigenvalue weighted by Crippen LogP contribution is -2.47. The molecule has 1 aromatic heterocycles. The van der Waals surface area contributed by atoms with Crippen molar-refractivity contribution in [2.45, 2.75) is 0 Å². The van der Waals surface area contributed by atoms with Crippen molar-refractivity contribution in [3.63, 3.8) is 0 Å². The number of rotatable bonds is 4. The zero-order valence-electron chi connectivity index (χ0n) is 20.6. The van der Waals surface area contributed by atoms with Crippen LogP contribution in [-0.4, -0.2) is 59.0 Å². The minimum atomic E-state index is 0.0759. The van der Waals surface area contributed by atoms with Gasteiger partial charge in [-0.15, -0.1) is 10.2 Å². The Morgan fingerprint density at radius 2 is 1.78 bits per heavy atom. The molecule has 0 atom stereocenters. The molecule has 0 aliphatic carbocycles. The van der Waals surface area contributed by atoms with E-state index in [1.165, 1.54) is 0 Å². The maximum atomic E-state index is 12.9. The molecule has 6 rings (SSSR count). The Balaban J connectivity index is 1.26. The second-order valence-corrected chi connectivity index (χ2v) is 9.49. The van der Waals surface area contributed by atoms with Gasteiger partial charge in [0.05, 0.1) is 11.4 Å². The van der Waals surface area contributed by atoms with Gasteiger partial charge in [-0.05, 0) is 60.3 Å². The third-order valence-electron chi connectivity index (χ3n) is 6.96. The minimum absolute atomic E-state index is 0.0759. The van der Waals surface area contributed by atoms with Crippen LogP contribution in [0.1, 0.15) is 21.5 Å². The number of piperazine rings is 1. The standard InChI is InChI=1S/C30H27N5O2/c1-34-13-15-35(16-14-34)30(37)22-6-4-5-20(17-22)10-12-27-24-11-9-21(19-28(24)33-32-27)18-25-23-7-2-3-8-26(23)31-29(25)36/h2-12,17-19,31,36H,13-16H2,1H3. The van der Waals surface area contributed by atoms with Gasteiger partial charge in [-0.2, -0.15) is 0 Å². The summed E-state index contributed by atoms with van der Waals surface area (Å²) >= 11 is 0. The van der Waals surface area contributed by atoms with Crippen LogP contribution in [0.3, 0.4) is 0 Å². The molecule has 0 unspecified atom stereocenters. The van der Waals surface area contributed by atoms with Gasteiger partial charge in [0.2, 0.25) is 0 Å². The van der Waals surface area contributed by atoms with Gasteiger partial charge in [-0.1, -0.05) is 42.5 Å². The minimum Gasteiger partial charge on any atom is -0.494 e. The molecule has 37 heavy (non-hydrogen) atoms. The number of carbonyl (C=O) groups excluding carboxylic acids is 1. The number of likely N-dealkylation sites (N-methyl/N-ethyl adjacent to an activating group) is 1. The summed E-state index contributed by atoms with van der Waals surface area (Å²) in [6.45, 7) is 3.31. The first-order chi connectivity index (χ1) is 18.0. The van der Waals surface area contributed by atoms with E-state index < -0.39 is 0 Å². The summed E-state index contributed by atoms with van der Waals surface area (Å²) in [6, 6.07) is 21.5. The Labute approximate surface area is 214 Å². The molecule has 0 radical (unpaired) electrons. The normalized spacial score (nSPS) is 16.3. The highest BCUT2D eigenvalue weighted by atomic mass is 16.3. The largest absolute Gasteiger partial charge is 0.494 e. The number of carbonyl (C=O) groups is 1. The lowest BCUT2D eigenvalue weighted by molar-refractivity contribution is 0.0664. The summed E-state index contributed by atoms with van der Waals surface area (Å²) in [5.41, 5.74) is 4.84. The predicted octanol–water partition coefficient (Wildman–Crippen LogP) is 4.01. The van der Waals surface area contributed by atoms with Crippen LogP contribution in [0.15, 0.2) is 83.0 Å². The van der Waals surface area contributed by atoms with E-state index in [1.807, 2.05) is 89.9 Å². The number of nitrogens with zero attached hydrogens (tertiary/aromatic N) is 4. The van der Waals surface area contributed by atoms with Crippen LogP contribution in [0.4, 0.5) is 5.69 Å². The summed E-state index contributed by atoms with van der Waals surface area (Å²) < 4.78 is 0. The van der Waals surface area contributed by atoms with Crippen LogP contribution in [0.25, 0.3) is 28.8 Å². The number of azo groups is 1. The number of amides is 1. The molecule has 3 aromatic carbocycles. The van der Waals surface area contributed by atoms with Crippen LogP contribution in [0.5, 0.6) is 5.88 Å². The number of H-pyrrole nitrogens is 1. The van der Waals surface area contributed by atoms with E-state index in [0.717, 1.165) is 70.0 Å². The van der Waals surface area contributed by atoms with E-state index in [0.29, 0.717) is 5.56 Å². The quantitative estimate of drug-likeness (QED) is 0.454. The number of nitrogens with one attached hydrogen (secondary N) is 1. The van der Waals surface area contributed by atoms with E-state index in [2.05, 4.69) is 27.2 Å². The molecule has 1 fully saturated rings. The number of aromatic nitrogens is 1.